The molecule has 206 valence electrons. The number of aromatic nitrogens is 1. The van der Waals surface area contributed by atoms with Crippen LogP contribution in [0.3, 0.4) is 0 Å². The molecule has 2 bridgehead atoms. The van der Waals surface area contributed by atoms with Gasteiger partial charge in [-0.2, -0.15) is 13.2 Å². The predicted octanol–water partition coefficient (Wildman–Crippen LogP) is 5.03. The normalized spacial score (nSPS) is 23.9. The van der Waals surface area contributed by atoms with Gasteiger partial charge in [-0.1, -0.05) is 11.6 Å². The zero-order valence-electron chi connectivity index (χ0n) is 20.4. The maximum Gasteiger partial charge on any atom is 0.418 e. The summed E-state index contributed by atoms with van der Waals surface area (Å²) in [5, 5.41) is -0.488. The van der Waals surface area contributed by atoms with Gasteiger partial charge in [0, 0.05) is 24.7 Å². The zero-order valence-corrected chi connectivity index (χ0v) is 22.0. The van der Waals surface area contributed by atoms with E-state index < -0.39 is 38.5 Å². The Kier molecular flexibility index (Phi) is 7.10. The first-order chi connectivity index (χ1) is 17.8. The number of hydrogen-bond acceptors (Lipinski definition) is 6. The average molecular weight is 576 g/mol. The third-order valence-corrected chi connectivity index (χ3v) is 8.24. The molecule has 1 saturated carbocycles. The lowest BCUT2D eigenvalue weighted by Gasteiger charge is -2.39. The topological polar surface area (TPSA) is 88.6 Å². The van der Waals surface area contributed by atoms with Gasteiger partial charge in [0.2, 0.25) is 15.9 Å². The van der Waals surface area contributed by atoms with Crippen LogP contribution in [0.5, 0.6) is 5.88 Å². The van der Waals surface area contributed by atoms with E-state index in [-0.39, 0.29) is 35.5 Å². The summed E-state index contributed by atoms with van der Waals surface area (Å²) in [6.07, 6.45) is 1.57. The maximum atomic E-state index is 15.0. The Morgan fingerprint density at radius 2 is 1.82 bits per heavy atom. The minimum Gasteiger partial charge on any atom is -0.474 e. The van der Waals surface area contributed by atoms with Crippen LogP contribution in [0, 0.1) is 5.82 Å². The Morgan fingerprint density at radius 3 is 2.39 bits per heavy atom. The minimum absolute atomic E-state index is 0.0939. The van der Waals surface area contributed by atoms with E-state index in [4.69, 9.17) is 16.3 Å². The summed E-state index contributed by atoms with van der Waals surface area (Å²) < 4.78 is 85.2. The first-order valence-corrected chi connectivity index (χ1v) is 14.5. The van der Waals surface area contributed by atoms with Gasteiger partial charge in [0.15, 0.2) is 0 Å². The number of pyridine rings is 1. The minimum atomic E-state index is -4.61. The monoisotopic (exact) mass is 575 g/mol. The standard InChI is InChI=1S/C25H26ClF4N3O4S/c1-38(35,36)32-24(34)19-9-18(13-2-3-13)14(6-22(19)27)12-33-15-4-5-16(33)8-17(7-15)37-23-10-20(25(28,29)30)21(26)11-31-23/h6,9-11,13,15-17H,2-5,7-8,12H2,1H3,(H,32,34). The molecule has 0 spiro atoms. The number of nitrogens with one attached hydrogen (secondary N) is 1. The lowest BCUT2D eigenvalue weighted by molar-refractivity contribution is -0.137. The number of hydrogen-bond donors (Lipinski definition) is 1. The highest BCUT2D eigenvalue weighted by molar-refractivity contribution is 7.89. The van der Waals surface area contributed by atoms with Crippen LogP contribution >= 0.6 is 11.6 Å². The van der Waals surface area contributed by atoms with Crippen molar-refractivity contribution in [2.24, 2.45) is 0 Å². The molecule has 3 aliphatic rings. The third-order valence-electron chi connectivity index (χ3n) is 7.39. The van der Waals surface area contributed by atoms with Crippen LogP contribution in [-0.2, 0) is 22.7 Å². The number of rotatable bonds is 7. The van der Waals surface area contributed by atoms with Crippen molar-refractivity contribution in [3.8, 4) is 5.88 Å². The molecule has 2 saturated heterocycles. The maximum absolute atomic E-state index is 15.0. The number of ether oxygens (including phenoxy) is 1. The number of halogens is 5. The molecule has 0 radical (unpaired) electrons. The Balaban J connectivity index is 1.31. The van der Waals surface area contributed by atoms with Crippen molar-refractivity contribution >= 4 is 27.5 Å². The number of alkyl halides is 3. The summed E-state index contributed by atoms with van der Waals surface area (Å²) in [5.74, 6) is -1.72. The van der Waals surface area contributed by atoms with Crippen molar-refractivity contribution in [1.29, 1.82) is 0 Å². The summed E-state index contributed by atoms with van der Waals surface area (Å²) in [6.45, 7) is 0.455. The molecule has 1 aliphatic carbocycles. The van der Waals surface area contributed by atoms with Crippen molar-refractivity contribution < 1.29 is 35.5 Å². The van der Waals surface area contributed by atoms with E-state index in [1.54, 1.807) is 0 Å². The molecule has 1 aromatic heterocycles. The molecular weight excluding hydrogens is 550 g/mol. The van der Waals surface area contributed by atoms with Gasteiger partial charge in [0.25, 0.3) is 5.91 Å². The SMILES string of the molecule is CS(=O)(=O)NC(=O)c1cc(C2CC2)c(CN2C3CCC2CC(Oc2cc(C(F)(F)F)c(Cl)cn2)C3)cc1F. The second-order valence-corrected chi connectivity index (χ2v) is 12.4. The van der Waals surface area contributed by atoms with Crippen LogP contribution < -0.4 is 9.46 Å². The van der Waals surface area contributed by atoms with E-state index in [1.165, 1.54) is 12.1 Å². The Bertz CT molecular complexity index is 1350. The molecule has 2 aliphatic heterocycles. The summed E-state index contributed by atoms with van der Waals surface area (Å²) in [6, 6.07) is 3.80. The summed E-state index contributed by atoms with van der Waals surface area (Å²) in [7, 11) is -3.84. The van der Waals surface area contributed by atoms with E-state index in [2.05, 4.69) is 9.88 Å². The quantitative estimate of drug-likeness (QED) is 0.466. The molecule has 1 N–H and O–H groups in total. The van der Waals surface area contributed by atoms with Gasteiger partial charge in [-0.25, -0.2) is 22.5 Å². The smallest absolute Gasteiger partial charge is 0.418 e. The number of fused-ring (bicyclic) bond motifs is 2. The first kappa shape index (κ1) is 27.1. The Morgan fingerprint density at radius 1 is 1.16 bits per heavy atom. The molecule has 38 heavy (non-hydrogen) atoms. The fraction of sp³-hybridized carbons (Fsp3) is 0.520. The largest absolute Gasteiger partial charge is 0.474 e. The second kappa shape index (κ2) is 9.95. The van der Waals surface area contributed by atoms with Gasteiger partial charge < -0.3 is 4.74 Å². The number of benzene rings is 1. The molecule has 3 heterocycles. The highest BCUT2D eigenvalue weighted by Crippen LogP contribution is 2.45. The zero-order chi connectivity index (χ0) is 27.4. The van der Waals surface area contributed by atoms with Gasteiger partial charge in [0.1, 0.15) is 11.9 Å². The number of sulfonamides is 1. The van der Waals surface area contributed by atoms with Crippen molar-refractivity contribution in [1.82, 2.24) is 14.6 Å². The van der Waals surface area contributed by atoms with Gasteiger partial charge in [0.05, 0.1) is 28.6 Å². The number of amides is 1. The van der Waals surface area contributed by atoms with Crippen LogP contribution in [0.4, 0.5) is 17.6 Å². The van der Waals surface area contributed by atoms with Gasteiger partial charge in [-0.15, -0.1) is 0 Å². The van der Waals surface area contributed by atoms with Crippen LogP contribution in [0.2, 0.25) is 5.02 Å². The molecule has 2 unspecified atom stereocenters. The summed E-state index contributed by atoms with van der Waals surface area (Å²) in [4.78, 5) is 18.5. The molecule has 2 aromatic rings. The fourth-order valence-corrected chi connectivity index (χ4v) is 6.24. The van der Waals surface area contributed by atoms with E-state index in [0.717, 1.165) is 55.3 Å². The average Bonchev–Trinajstić information content (AvgIpc) is 3.60. The van der Waals surface area contributed by atoms with E-state index in [1.807, 2.05) is 4.72 Å². The molecule has 3 fully saturated rings. The van der Waals surface area contributed by atoms with Crippen molar-refractivity contribution in [2.45, 2.75) is 75.4 Å². The molecule has 1 aromatic carbocycles. The third kappa shape index (κ3) is 5.91. The molecule has 5 rings (SSSR count). The van der Waals surface area contributed by atoms with Crippen LogP contribution in [0.15, 0.2) is 24.4 Å². The van der Waals surface area contributed by atoms with E-state index in [9.17, 15) is 30.8 Å². The van der Waals surface area contributed by atoms with Gasteiger partial charge >= 0.3 is 6.18 Å². The van der Waals surface area contributed by atoms with E-state index in [0.29, 0.717) is 19.4 Å². The number of carbonyl (C=O) groups excluding carboxylic acids is 1. The Labute approximate surface area is 222 Å². The molecule has 7 nitrogen and oxygen atoms in total. The summed E-state index contributed by atoms with van der Waals surface area (Å²) >= 11 is 5.66. The van der Waals surface area contributed by atoms with E-state index >= 15 is 0 Å². The number of nitrogens with zero attached hydrogens (tertiary/aromatic N) is 2. The highest BCUT2D eigenvalue weighted by atomic mass is 35.5. The van der Waals surface area contributed by atoms with Gasteiger partial charge in [-0.05, 0) is 67.7 Å². The summed E-state index contributed by atoms with van der Waals surface area (Å²) in [5.41, 5.74) is 0.303. The van der Waals surface area contributed by atoms with Crippen molar-refractivity contribution in [2.75, 3.05) is 6.26 Å². The second-order valence-electron chi connectivity index (χ2n) is 10.3. The predicted molar refractivity (Wildman–Crippen MR) is 131 cm³/mol. The molecule has 1 amide bonds. The lowest BCUT2D eigenvalue weighted by Crippen LogP contribution is -2.46. The fourth-order valence-electron chi connectivity index (χ4n) is 5.59. The van der Waals surface area contributed by atoms with Crippen LogP contribution in [0.1, 0.15) is 71.5 Å². The number of piperidine rings is 1. The van der Waals surface area contributed by atoms with Crippen LogP contribution in [-0.4, -0.2) is 48.7 Å². The lowest BCUT2D eigenvalue weighted by atomic mass is 9.95. The Hall–Kier alpha value is -2.44. The molecular formula is C25H26ClF4N3O4S. The molecule has 13 heteroatoms. The van der Waals surface area contributed by atoms with Crippen molar-refractivity contribution in [3.05, 3.63) is 57.5 Å². The number of carbonyl (C=O) groups is 1. The highest BCUT2D eigenvalue weighted by Gasteiger charge is 2.43. The molecule has 2 atom stereocenters. The van der Waals surface area contributed by atoms with Crippen molar-refractivity contribution in [3.63, 3.8) is 0 Å². The van der Waals surface area contributed by atoms with Gasteiger partial charge in [-0.3, -0.25) is 9.69 Å². The first-order valence-electron chi connectivity index (χ1n) is 12.3. The van der Waals surface area contributed by atoms with Crippen LogP contribution in [0.25, 0.3) is 0 Å².